The lowest BCUT2D eigenvalue weighted by molar-refractivity contribution is -0.132. The van der Waals surface area contributed by atoms with Crippen molar-refractivity contribution in [2.45, 2.75) is 22.3 Å². The van der Waals surface area contributed by atoms with Crippen molar-refractivity contribution in [1.82, 2.24) is 10.8 Å². The molecule has 9 heteroatoms. The van der Waals surface area contributed by atoms with Crippen LogP contribution in [0.3, 0.4) is 0 Å². The molecule has 1 aliphatic rings. The topological polar surface area (TPSA) is 125 Å². The van der Waals surface area contributed by atoms with Crippen LogP contribution >= 0.6 is 0 Å². The zero-order chi connectivity index (χ0) is 18.8. The first-order valence-electron chi connectivity index (χ1n) is 7.84. The Labute approximate surface area is 150 Å². The van der Waals surface area contributed by atoms with Gasteiger partial charge in [-0.3, -0.25) is 15.3 Å². The third kappa shape index (κ3) is 3.17. The summed E-state index contributed by atoms with van der Waals surface area (Å²) in [4.78, 5) is 9.80. The monoisotopic (exact) mass is 378 g/mol. The minimum atomic E-state index is -4.23. The van der Waals surface area contributed by atoms with E-state index < -0.39 is 26.7 Å². The maximum Gasteiger partial charge on any atom is 0.279 e. The van der Waals surface area contributed by atoms with E-state index in [9.17, 15) is 18.3 Å². The van der Waals surface area contributed by atoms with E-state index in [-0.39, 0.29) is 17.9 Å². The molecule has 1 unspecified atom stereocenters. The first kappa shape index (κ1) is 18.3. The number of para-hydroxylation sites is 1. The number of hydrogen-bond acceptors (Lipinski definition) is 7. The van der Waals surface area contributed by atoms with Gasteiger partial charge >= 0.3 is 0 Å². The predicted octanol–water partition coefficient (Wildman–Crippen LogP) is 0.808. The van der Waals surface area contributed by atoms with Gasteiger partial charge in [0.05, 0.1) is 11.0 Å². The number of benzene rings is 2. The summed E-state index contributed by atoms with van der Waals surface area (Å²) in [5.41, 5.74) is 1.37. The van der Waals surface area contributed by atoms with Gasteiger partial charge in [0.2, 0.25) is 14.7 Å². The van der Waals surface area contributed by atoms with Gasteiger partial charge in [-0.2, -0.15) is 0 Å². The molecule has 0 aliphatic carbocycles. The van der Waals surface area contributed by atoms with E-state index >= 15 is 0 Å². The number of carbonyl (C=O) groups is 1. The van der Waals surface area contributed by atoms with E-state index in [1.807, 2.05) is 18.2 Å². The Kier molecular flexibility index (Phi) is 4.97. The molecule has 1 heterocycles. The van der Waals surface area contributed by atoms with Gasteiger partial charge in [0.15, 0.2) is 0 Å². The Morgan fingerprint density at radius 1 is 1.12 bits per heavy atom. The quantitative estimate of drug-likeness (QED) is 0.448. The molecule has 2 aromatic rings. The van der Waals surface area contributed by atoms with Gasteiger partial charge in [-0.15, -0.1) is 0 Å². The van der Waals surface area contributed by atoms with Gasteiger partial charge in [-0.1, -0.05) is 18.2 Å². The van der Waals surface area contributed by atoms with Crippen LogP contribution in [-0.4, -0.2) is 42.2 Å². The third-order valence-electron chi connectivity index (χ3n) is 4.19. The Morgan fingerprint density at radius 3 is 2.27 bits per heavy atom. The molecule has 26 heavy (non-hydrogen) atoms. The molecule has 1 amide bonds. The number of nitrogens with one attached hydrogen (secondary N) is 2. The first-order valence-corrected chi connectivity index (χ1v) is 9.32. The van der Waals surface area contributed by atoms with E-state index in [1.165, 1.54) is 29.7 Å². The number of ether oxygens (including phenoxy) is 1. The molecule has 138 valence electrons. The summed E-state index contributed by atoms with van der Waals surface area (Å²) in [5.74, 6) is -0.117. The molecular formula is C17H18N2O6S. The van der Waals surface area contributed by atoms with Crippen molar-refractivity contribution in [3.8, 4) is 11.5 Å². The molecule has 0 bridgehead atoms. The average molecular weight is 378 g/mol. The van der Waals surface area contributed by atoms with Crippen molar-refractivity contribution in [3.63, 3.8) is 0 Å². The molecule has 8 nitrogen and oxygen atoms in total. The van der Waals surface area contributed by atoms with Crippen LogP contribution in [0, 0.1) is 0 Å². The molecule has 4 N–H and O–H groups in total. The van der Waals surface area contributed by atoms with E-state index in [4.69, 9.17) is 9.94 Å². The Hall–Kier alpha value is -2.46. The first-order chi connectivity index (χ1) is 12.4. The molecular weight excluding hydrogens is 360 g/mol. The predicted molar refractivity (Wildman–Crippen MR) is 91.4 cm³/mol. The highest BCUT2D eigenvalue weighted by Gasteiger charge is 2.55. The van der Waals surface area contributed by atoms with E-state index in [0.29, 0.717) is 11.5 Å². The van der Waals surface area contributed by atoms with Crippen LogP contribution in [0.15, 0.2) is 59.5 Å². The van der Waals surface area contributed by atoms with Crippen molar-refractivity contribution in [1.29, 1.82) is 0 Å². The second-order valence-corrected chi connectivity index (χ2v) is 8.07. The molecule has 2 atom stereocenters. The molecule has 1 fully saturated rings. The van der Waals surface area contributed by atoms with E-state index in [2.05, 4.69) is 5.32 Å². The number of aliphatic hydroxyl groups excluding tert-OH is 1. The number of rotatable bonds is 5. The van der Waals surface area contributed by atoms with Crippen LogP contribution in [0.25, 0.3) is 0 Å². The second-order valence-electron chi connectivity index (χ2n) is 5.90. The number of β-amino-alcohol motifs (C(OH)–C–C–N with tert-alkyl or cyclic N) is 1. The highest BCUT2D eigenvalue weighted by molar-refractivity contribution is 7.93. The lowest BCUT2D eigenvalue weighted by atomic mass is 10.2. The summed E-state index contributed by atoms with van der Waals surface area (Å²) in [6.07, 6.45) is -1.40. The van der Waals surface area contributed by atoms with Crippen molar-refractivity contribution >= 4 is 15.7 Å². The molecule has 2 aromatic carbocycles. The molecule has 3 rings (SSSR count). The third-order valence-corrected chi connectivity index (χ3v) is 6.49. The Balaban J connectivity index is 1.90. The molecule has 0 spiro atoms. The highest BCUT2D eigenvalue weighted by atomic mass is 32.2. The molecule has 1 saturated heterocycles. The summed E-state index contributed by atoms with van der Waals surface area (Å²) in [5, 5.41) is 21.2. The zero-order valence-corrected chi connectivity index (χ0v) is 14.4. The van der Waals surface area contributed by atoms with E-state index in [0.717, 1.165) is 0 Å². The van der Waals surface area contributed by atoms with Gasteiger partial charge < -0.3 is 9.84 Å². The molecule has 0 saturated carbocycles. The van der Waals surface area contributed by atoms with Crippen LogP contribution < -0.4 is 15.5 Å². The minimum absolute atomic E-state index is 0.0815. The normalized spacial score (nSPS) is 22.8. The second kappa shape index (κ2) is 7.04. The number of hydroxylamine groups is 1. The number of aliphatic hydroxyl groups is 1. The van der Waals surface area contributed by atoms with Gasteiger partial charge in [-0.05, 0) is 36.4 Å². The Bertz CT molecular complexity index is 885. The summed E-state index contributed by atoms with van der Waals surface area (Å²) in [6.45, 7) is -0.0815. The van der Waals surface area contributed by atoms with Crippen LogP contribution in [0.4, 0.5) is 0 Å². The number of amides is 1. The van der Waals surface area contributed by atoms with Crippen LogP contribution in [-0.2, 0) is 14.6 Å². The lowest BCUT2D eigenvalue weighted by Crippen LogP contribution is -2.58. The number of carbonyl (C=O) groups excluding carboxylic acids is 1. The molecule has 0 radical (unpaired) electrons. The van der Waals surface area contributed by atoms with Crippen LogP contribution in [0.5, 0.6) is 11.5 Å². The Morgan fingerprint density at radius 2 is 1.73 bits per heavy atom. The maximum absolute atomic E-state index is 13.0. The van der Waals surface area contributed by atoms with Gasteiger partial charge in [0.1, 0.15) is 11.5 Å². The summed E-state index contributed by atoms with van der Waals surface area (Å²) < 4.78 is 31.6. The average Bonchev–Trinajstić information content (AvgIpc) is 3.06. The fraction of sp³-hybridized carbons (Fsp3) is 0.235. The van der Waals surface area contributed by atoms with Crippen molar-refractivity contribution in [2.24, 2.45) is 0 Å². The van der Waals surface area contributed by atoms with Crippen molar-refractivity contribution < 1.29 is 28.3 Å². The van der Waals surface area contributed by atoms with Crippen molar-refractivity contribution in [2.75, 3.05) is 6.54 Å². The standard InChI is InChI=1S/C17H18N2O6S/c20-12-10-17(18-11-12,16(21)19-22)26(23,24)15-8-6-14(7-9-15)25-13-4-2-1-3-5-13/h1-9,12,18,20,22H,10-11H2,(H,19,21)/t12-,17?/m1/s1. The minimum Gasteiger partial charge on any atom is -0.457 e. The SMILES string of the molecule is O=C(NO)C1(S(=O)(=O)c2ccc(Oc3ccccc3)cc2)C[C@@H](O)CN1. The summed E-state index contributed by atoms with van der Waals surface area (Å²) in [6, 6.07) is 14.5. The lowest BCUT2D eigenvalue weighted by Gasteiger charge is -2.26. The summed E-state index contributed by atoms with van der Waals surface area (Å²) in [7, 11) is -4.23. The zero-order valence-electron chi connectivity index (χ0n) is 13.6. The van der Waals surface area contributed by atoms with Crippen molar-refractivity contribution in [3.05, 3.63) is 54.6 Å². The fourth-order valence-electron chi connectivity index (χ4n) is 2.86. The van der Waals surface area contributed by atoms with Gasteiger partial charge in [0.25, 0.3) is 5.91 Å². The largest absolute Gasteiger partial charge is 0.457 e. The number of sulfone groups is 1. The molecule has 1 aliphatic heterocycles. The van der Waals surface area contributed by atoms with E-state index in [1.54, 1.807) is 12.1 Å². The smallest absolute Gasteiger partial charge is 0.279 e. The van der Waals surface area contributed by atoms with Crippen LogP contribution in [0.2, 0.25) is 0 Å². The summed E-state index contributed by atoms with van der Waals surface area (Å²) >= 11 is 0. The fourth-order valence-corrected chi connectivity index (χ4v) is 4.73. The maximum atomic E-state index is 13.0. The van der Waals surface area contributed by atoms with Crippen LogP contribution in [0.1, 0.15) is 6.42 Å². The number of hydrogen-bond donors (Lipinski definition) is 4. The van der Waals surface area contributed by atoms with Gasteiger partial charge in [-0.25, -0.2) is 13.9 Å². The highest BCUT2D eigenvalue weighted by Crippen LogP contribution is 2.33. The van der Waals surface area contributed by atoms with Gasteiger partial charge in [0, 0.05) is 13.0 Å². The molecule has 0 aromatic heterocycles.